The molecule has 1 aliphatic carbocycles. The second-order valence-electron chi connectivity index (χ2n) is 6.46. The quantitative estimate of drug-likeness (QED) is 0.853. The van der Waals surface area contributed by atoms with Gasteiger partial charge in [0.15, 0.2) is 0 Å². The molecule has 0 radical (unpaired) electrons. The van der Waals surface area contributed by atoms with Crippen LogP contribution in [0.25, 0.3) is 0 Å². The van der Waals surface area contributed by atoms with Crippen LogP contribution in [0.4, 0.5) is 0 Å². The van der Waals surface area contributed by atoms with E-state index in [9.17, 15) is 13.2 Å². The van der Waals surface area contributed by atoms with E-state index in [2.05, 4.69) is 6.92 Å². The van der Waals surface area contributed by atoms with E-state index in [0.717, 1.165) is 19.3 Å². The number of hydrogen-bond acceptors (Lipinski definition) is 3. The van der Waals surface area contributed by atoms with Crippen LogP contribution in [-0.2, 0) is 15.0 Å². The lowest BCUT2D eigenvalue weighted by molar-refractivity contribution is -0.142. The van der Waals surface area contributed by atoms with Crippen LogP contribution in [0, 0.1) is 11.8 Å². The molecule has 6 nitrogen and oxygen atoms in total. The zero-order valence-corrected chi connectivity index (χ0v) is 13.7. The standard InChI is InChI=1S/C14H26N2O4S/c1-11-4-3-5-13(10-11)15(2)21(19,20)16-8-6-12(7-9-16)14(17)18/h11-13H,3-10H2,1-2H3,(H,17,18). The summed E-state index contributed by atoms with van der Waals surface area (Å²) < 4.78 is 28.3. The number of nitrogens with zero attached hydrogens (tertiary/aromatic N) is 2. The van der Waals surface area contributed by atoms with Gasteiger partial charge in [0, 0.05) is 26.2 Å². The minimum Gasteiger partial charge on any atom is -0.481 e. The molecular formula is C14H26N2O4S. The van der Waals surface area contributed by atoms with Gasteiger partial charge in [0.25, 0.3) is 10.2 Å². The fourth-order valence-corrected chi connectivity index (χ4v) is 5.04. The molecule has 1 aliphatic heterocycles. The summed E-state index contributed by atoms with van der Waals surface area (Å²) in [6.07, 6.45) is 4.90. The molecule has 2 fully saturated rings. The van der Waals surface area contributed by atoms with Gasteiger partial charge in [-0.2, -0.15) is 17.0 Å². The van der Waals surface area contributed by atoms with Crippen molar-refractivity contribution >= 4 is 16.2 Å². The van der Waals surface area contributed by atoms with Crippen molar-refractivity contribution in [3.8, 4) is 0 Å². The molecule has 0 aromatic carbocycles. The average molecular weight is 318 g/mol. The van der Waals surface area contributed by atoms with Gasteiger partial charge < -0.3 is 5.11 Å². The first-order valence-electron chi connectivity index (χ1n) is 7.78. The molecule has 7 heteroatoms. The normalized spacial score (nSPS) is 29.7. The highest BCUT2D eigenvalue weighted by atomic mass is 32.2. The number of hydrogen-bond donors (Lipinski definition) is 1. The van der Waals surface area contributed by atoms with E-state index in [1.165, 1.54) is 15.0 Å². The highest BCUT2D eigenvalue weighted by Crippen LogP contribution is 2.30. The summed E-state index contributed by atoms with van der Waals surface area (Å²) in [6, 6.07) is 0.0796. The summed E-state index contributed by atoms with van der Waals surface area (Å²) in [5, 5.41) is 8.99. The van der Waals surface area contributed by atoms with Gasteiger partial charge in [-0.3, -0.25) is 4.79 Å². The van der Waals surface area contributed by atoms with E-state index in [1.807, 2.05) is 0 Å². The SMILES string of the molecule is CC1CCCC(N(C)S(=O)(=O)N2CCC(C(=O)O)CC2)C1. The van der Waals surface area contributed by atoms with Crippen LogP contribution in [0.15, 0.2) is 0 Å². The van der Waals surface area contributed by atoms with Crippen molar-refractivity contribution in [3.63, 3.8) is 0 Å². The lowest BCUT2D eigenvalue weighted by Crippen LogP contribution is -2.50. The third kappa shape index (κ3) is 3.76. The Morgan fingerprint density at radius 2 is 1.81 bits per heavy atom. The van der Waals surface area contributed by atoms with E-state index < -0.39 is 22.1 Å². The molecule has 1 saturated carbocycles. The summed E-state index contributed by atoms with van der Waals surface area (Å²) in [5.74, 6) is -0.655. The van der Waals surface area contributed by atoms with Crippen molar-refractivity contribution in [3.05, 3.63) is 0 Å². The molecule has 0 bridgehead atoms. The summed E-state index contributed by atoms with van der Waals surface area (Å²) in [7, 11) is -1.79. The Morgan fingerprint density at radius 3 is 2.33 bits per heavy atom. The predicted octanol–water partition coefficient (Wildman–Crippen LogP) is 1.54. The van der Waals surface area contributed by atoms with Crippen molar-refractivity contribution in [1.82, 2.24) is 8.61 Å². The fraction of sp³-hybridized carbons (Fsp3) is 0.929. The van der Waals surface area contributed by atoms with Crippen molar-refractivity contribution in [2.45, 2.75) is 51.5 Å². The minimum absolute atomic E-state index is 0.0796. The Kier molecular flexibility index (Phi) is 5.27. The van der Waals surface area contributed by atoms with Gasteiger partial charge in [0.1, 0.15) is 0 Å². The number of carboxylic acid groups (broad SMARTS) is 1. The topological polar surface area (TPSA) is 77.9 Å². The van der Waals surface area contributed by atoms with Crippen molar-refractivity contribution in [2.75, 3.05) is 20.1 Å². The van der Waals surface area contributed by atoms with Gasteiger partial charge in [0.05, 0.1) is 5.92 Å². The van der Waals surface area contributed by atoms with Gasteiger partial charge in [-0.15, -0.1) is 0 Å². The van der Waals surface area contributed by atoms with Crippen LogP contribution in [0.5, 0.6) is 0 Å². The molecular weight excluding hydrogens is 292 g/mol. The van der Waals surface area contributed by atoms with E-state index in [1.54, 1.807) is 7.05 Å². The Labute approximate surface area is 127 Å². The van der Waals surface area contributed by atoms with E-state index in [4.69, 9.17) is 5.11 Å². The number of aliphatic carboxylic acids is 1. The first-order valence-corrected chi connectivity index (χ1v) is 9.18. The van der Waals surface area contributed by atoms with Gasteiger partial charge in [-0.1, -0.05) is 19.8 Å². The first-order chi connectivity index (χ1) is 9.82. The van der Waals surface area contributed by atoms with Gasteiger partial charge >= 0.3 is 5.97 Å². The number of piperidine rings is 1. The van der Waals surface area contributed by atoms with E-state index in [-0.39, 0.29) is 6.04 Å². The monoisotopic (exact) mass is 318 g/mol. The summed E-state index contributed by atoms with van der Waals surface area (Å²) in [5.41, 5.74) is 0. The van der Waals surface area contributed by atoms with Gasteiger partial charge in [-0.25, -0.2) is 0 Å². The van der Waals surface area contributed by atoms with Gasteiger partial charge in [-0.05, 0) is 31.6 Å². The summed E-state index contributed by atoms with van der Waals surface area (Å²) in [4.78, 5) is 10.9. The summed E-state index contributed by atoms with van der Waals surface area (Å²) in [6.45, 7) is 2.79. The highest BCUT2D eigenvalue weighted by molar-refractivity contribution is 7.86. The molecule has 0 amide bonds. The van der Waals surface area contributed by atoms with Crippen molar-refractivity contribution < 1.29 is 18.3 Å². The van der Waals surface area contributed by atoms with Gasteiger partial charge in [0.2, 0.25) is 0 Å². The third-order valence-electron chi connectivity index (χ3n) is 4.92. The van der Waals surface area contributed by atoms with E-state index >= 15 is 0 Å². The molecule has 122 valence electrons. The lowest BCUT2D eigenvalue weighted by Gasteiger charge is -2.38. The molecule has 0 spiro atoms. The molecule has 0 aromatic rings. The van der Waals surface area contributed by atoms with Crippen LogP contribution in [0.1, 0.15) is 45.4 Å². The van der Waals surface area contributed by atoms with Crippen LogP contribution in [-0.4, -0.2) is 54.3 Å². The molecule has 2 atom stereocenters. The smallest absolute Gasteiger partial charge is 0.306 e. The molecule has 21 heavy (non-hydrogen) atoms. The molecule has 1 N–H and O–H groups in total. The molecule has 2 aliphatic rings. The maximum Gasteiger partial charge on any atom is 0.306 e. The van der Waals surface area contributed by atoms with Crippen molar-refractivity contribution in [1.29, 1.82) is 0 Å². The fourth-order valence-electron chi connectivity index (χ4n) is 3.44. The molecule has 2 rings (SSSR count). The Bertz CT molecular complexity index is 471. The largest absolute Gasteiger partial charge is 0.481 e. The van der Waals surface area contributed by atoms with Crippen LogP contribution in [0.3, 0.4) is 0 Å². The second-order valence-corrected chi connectivity index (χ2v) is 8.45. The van der Waals surface area contributed by atoms with Crippen LogP contribution >= 0.6 is 0 Å². The predicted molar refractivity (Wildman–Crippen MR) is 80.0 cm³/mol. The van der Waals surface area contributed by atoms with E-state index in [0.29, 0.717) is 31.8 Å². The number of carboxylic acids is 1. The Balaban J connectivity index is 1.99. The molecule has 1 saturated heterocycles. The molecule has 0 aromatic heterocycles. The lowest BCUT2D eigenvalue weighted by atomic mass is 9.87. The third-order valence-corrected chi connectivity index (χ3v) is 6.96. The number of rotatable bonds is 4. The second kappa shape index (κ2) is 6.62. The van der Waals surface area contributed by atoms with Crippen LogP contribution < -0.4 is 0 Å². The number of carbonyl (C=O) groups is 1. The highest BCUT2D eigenvalue weighted by Gasteiger charge is 2.37. The average Bonchev–Trinajstić information content (AvgIpc) is 2.46. The molecule has 2 unspecified atom stereocenters. The Morgan fingerprint density at radius 1 is 1.19 bits per heavy atom. The summed E-state index contributed by atoms with van der Waals surface area (Å²) >= 11 is 0. The zero-order chi connectivity index (χ0) is 15.6. The maximum absolute atomic E-state index is 12.7. The first kappa shape index (κ1) is 16.7. The maximum atomic E-state index is 12.7. The van der Waals surface area contributed by atoms with Crippen LogP contribution in [0.2, 0.25) is 0 Å². The van der Waals surface area contributed by atoms with Crippen molar-refractivity contribution in [2.24, 2.45) is 11.8 Å². The Hall–Kier alpha value is -0.660. The molecule has 1 heterocycles. The minimum atomic E-state index is -3.46. The zero-order valence-electron chi connectivity index (χ0n) is 12.9.